The van der Waals surface area contributed by atoms with Gasteiger partial charge in [0.05, 0.1) is 11.6 Å². The average Bonchev–Trinajstić information content (AvgIpc) is 3.64. The third-order valence-corrected chi connectivity index (χ3v) is 9.40. The van der Waals surface area contributed by atoms with Gasteiger partial charge in [0.25, 0.3) is 11.8 Å². The number of amides is 2. The summed E-state index contributed by atoms with van der Waals surface area (Å²) in [4.78, 5) is 53.9. The van der Waals surface area contributed by atoms with Crippen molar-refractivity contribution in [2.45, 2.75) is 30.6 Å². The van der Waals surface area contributed by atoms with Crippen molar-refractivity contribution >= 4 is 28.7 Å². The zero-order chi connectivity index (χ0) is 37.5. The van der Waals surface area contributed by atoms with Crippen molar-refractivity contribution in [3.8, 4) is 11.5 Å². The lowest BCUT2D eigenvalue weighted by atomic mass is 9.86. The molecule has 0 radical (unpaired) electrons. The number of H-pyrrole nitrogens is 1. The third kappa shape index (κ3) is 8.39. The van der Waals surface area contributed by atoms with Gasteiger partial charge in [0.1, 0.15) is 11.5 Å². The summed E-state index contributed by atoms with van der Waals surface area (Å²) >= 11 is 0. The van der Waals surface area contributed by atoms with E-state index in [1.165, 1.54) is 36.4 Å². The van der Waals surface area contributed by atoms with E-state index in [0.717, 1.165) is 5.56 Å². The smallest absolute Gasteiger partial charge is 0.345 e. The molecule has 13 heteroatoms. The maximum absolute atomic E-state index is 13.0. The summed E-state index contributed by atoms with van der Waals surface area (Å²) in [5.74, 6) is -1.82. The second-order valence-electron chi connectivity index (χ2n) is 12.9. The molecular weight excluding hydrogens is 680 g/mol. The maximum Gasteiger partial charge on any atom is 0.345 e. The zero-order valence-electron chi connectivity index (χ0n) is 28.7. The van der Waals surface area contributed by atoms with E-state index in [-0.39, 0.29) is 64.7 Å². The van der Waals surface area contributed by atoms with E-state index in [2.05, 4.69) is 15.6 Å². The molecule has 0 bridgehead atoms. The van der Waals surface area contributed by atoms with E-state index in [4.69, 9.17) is 4.74 Å². The van der Waals surface area contributed by atoms with Crippen molar-refractivity contribution < 1.29 is 39.5 Å². The number of carbonyl (C=O) groups excluding carboxylic acids is 2. The van der Waals surface area contributed by atoms with Gasteiger partial charge in [-0.1, -0.05) is 60.7 Å². The van der Waals surface area contributed by atoms with E-state index in [9.17, 15) is 39.6 Å². The Morgan fingerprint density at radius 3 is 2.45 bits per heavy atom. The standard InChI is InChI=1S/C40H40N4O9/c45-33-15-13-31(32-14-16-35(47)43-37(32)33)34(46)22-41-19-17-25-9-11-26(12-10-25)38(49)42-29-18-20-44(23-29)36(48)24-53-30-8-4-7-28(21-30)40(52,39(50)51)27-5-2-1-3-6-27/h1-16,21,29,34,41,45-46,52H,17-20,22-24H2,(H,42,49)(H,43,47)(H,50,51)/t29-,34?,40?/m1/s1. The minimum Gasteiger partial charge on any atom is -0.506 e. The Morgan fingerprint density at radius 2 is 1.70 bits per heavy atom. The molecule has 0 saturated carbocycles. The number of aliphatic carboxylic acids is 1. The van der Waals surface area contributed by atoms with Gasteiger partial charge in [-0.15, -0.1) is 0 Å². The Balaban J connectivity index is 0.942. The predicted molar refractivity (Wildman–Crippen MR) is 196 cm³/mol. The number of benzene rings is 4. The van der Waals surface area contributed by atoms with Crippen molar-refractivity contribution in [2.24, 2.45) is 0 Å². The van der Waals surface area contributed by atoms with Crippen LogP contribution < -0.4 is 20.9 Å². The molecule has 0 spiro atoms. The molecule has 2 amide bonds. The van der Waals surface area contributed by atoms with Crippen molar-refractivity contribution in [1.82, 2.24) is 20.5 Å². The van der Waals surface area contributed by atoms with Gasteiger partial charge in [0, 0.05) is 48.3 Å². The topological polar surface area (TPSA) is 202 Å². The van der Waals surface area contributed by atoms with Crippen LogP contribution >= 0.6 is 0 Å². The van der Waals surface area contributed by atoms with Gasteiger partial charge in [0.15, 0.2) is 6.61 Å². The van der Waals surface area contributed by atoms with Crippen LogP contribution in [0.1, 0.15) is 45.1 Å². The fourth-order valence-electron chi connectivity index (χ4n) is 6.47. The van der Waals surface area contributed by atoms with Crippen LogP contribution in [0.2, 0.25) is 0 Å². The quantitative estimate of drug-likeness (QED) is 0.0837. The molecule has 1 saturated heterocycles. The summed E-state index contributed by atoms with van der Waals surface area (Å²) < 4.78 is 5.70. The number of aliphatic hydroxyl groups excluding tert-OH is 1. The van der Waals surface area contributed by atoms with Crippen molar-refractivity contribution in [3.05, 3.63) is 141 Å². The second-order valence-corrected chi connectivity index (χ2v) is 12.9. The number of phenols is 1. The monoisotopic (exact) mass is 720 g/mol. The molecule has 2 unspecified atom stereocenters. The number of carboxylic acids is 1. The van der Waals surface area contributed by atoms with Gasteiger partial charge in [0.2, 0.25) is 11.2 Å². The molecular formula is C40H40N4O9. The van der Waals surface area contributed by atoms with Gasteiger partial charge < -0.3 is 45.7 Å². The molecule has 7 N–H and O–H groups in total. The maximum atomic E-state index is 13.0. The van der Waals surface area contributed by atoms with Crippen LogP contribution in [0.5, 0.6) is 11.5 Å². The highest BCUT2D eigenvalue weighted by Gasteiger charge is 2.40. The SMILES string of the molecule is O=C(N[C@@H]1CCN(C(=O)COc2cccc(C(O)(C(=O)O)c3ccccc3)c2)C1)c1ccc(CCNCC(O)c2ccc(O)c3[nH]c(=O)ccc23)cc1. The van der Waals surface area contributed by atoms with E-state index >= 15 is 0 Å². The Hall–Kier alpha value is -6.02. The lowest BCUT2D eigenvalue weighted by Gasteiger charge is -2.25. The van der Waals surface area contributed by atoms with Crippen LogP contribution in [0.4, 0.5) is 0 Å². The van der Waals surface area contributed by atoms with Crippen LogP contribution in [-0.2, 0) is 21.6 Å². The number of aromatic nitrogens is 1. The molecule has 3 atom stereocenters. The molecule has 4 aromatic carbocycles. The molecule has 274 valence electrons. The Kier molecular flexibility index (Phi) is 11.2. The summed E-state index contributed by atoms with van der Waals surface area (Å²) in [6, 6.07) is 27.0. The molecule has 6 rings (SSSR count). The summed E-state index contributed by atoms with van der Waals surface area (Å²) in [7, 11) is 0. The number of phenolic OH excluding ortho intramolecular Hbond substituents is 1. The number of hydrogen-bond donors (Lipinski definition) is 7. The molecule has 53 heavy (non-hydrogen) atoms. The van der Waals surface area contributed by atoms with E-state index in [1.807, 2.05) is 12.1 Å². The highest BCUT2D eigenvalue weighted by Crippen LogP contribution is 2.32. The number of nitrogens with one attached hydrogen (secondary N) is 3. The molecule has 1 aliphatic heterocycles. The molecule has 1 aromatic heterocycles. The number of nitrogens with zero attached hydrogens (tertiary/aromatic N) is 1. The van der Waals surface area contributed by atoms with Crippen LogP contribution in [0, 0.1) is 0 Å². The predicted octanol–water partition coefficient (Wildman–Crippen LogP) is 2.83. The summed E-state index contributed by atoms with van der Waals surface area (Å²) in [6.45, 7) is 1.27. The molecule has 0 aliphatic carbocycles. The van der Waals surface area contributed by atoms with Gasteiger partial charge in [-0.3, -0.25) is 14.4 Å². The number of aromatic amines is 1. The van der Waals surface area contributed by atoms with Crippen molar-refractivity contribution in [3.63, 3.8) is 0 Å². The zero-order valence-corrected chi connectivity index (χ0v) is 28.7. The number of fused-ring (bicyclic) bond motifs is 1. The average molecular weight is 721 g/mol. The number of hydrogen-bond acceptors (Lipinski definition) is 9. The first-order valence-corrected chi connectivity index (χ1v) is 17.2. The number of likely N-dealkylation sites (tertiary alicyclic amines) is 1. The first-order chi connectivity index (χ1) is 25.5. The normalized spacial score (nSPS) is 15.8. The van der Waals surface area contributed by atoms with Gasteiger partial charge in [-0.05, 0) is 72.5 Å². The van der Waals surface area contributed by atoms with Crippen LogP contribution in [0.3, 0.4) is 0 Å². The highest BCUT2D eigenvalue weighted by molar-refractivity contribution is 5.94. The fraction of sp³-hybridized carbons (Fsp3) is 0.250. The van der Waals surface area contributed by atoms with Gasteiger partial charge in [-0.2, -0.15) is 0 Å². The van der Waals surface area contributed by atoms with Crippen molar-refractivity contribution in [1.29, 1.82) is 0 Å². The molecule has 1 aliphatic rings. The Morgan fingerprint density at radius 1 is 0.943 bits per heavy atom. The molecule has 13 nitrogen and oxygen atoms in total. The lowest BCUT2D eigenvalue weighted by Crippen LogP contribution is -2.39. The fourth-order valence-corrected chi connectivity index (χ4v) is 6.47. The van der Waals surface area contributed by atoms with Crippen LogP contribution in [0.15, 0.2) is 108 Å². The minimum absolute atomic E-state index is 0.0681. The lowest BCUT2D eigenvalue weighted by molar-refractivity contribution is -0.155. The molecule has 5 aromatic rings. The van der Waals surface area contributed by atoms with E-state index in [0.29, 0.717) is 49.0 Å². The highest BCUT2D eigenvalue weighted by atomic mass is 16.5. The number of rotatable bonds is 14. The second kappa shape index (κ2) is 16.1. The number of ether oxygens (including phenoxy) is 1. The van der Waals surface area contributed by atoms with E-state index in [1.54, 1.807) is 59.5 Å². The van der Waals surface area contributed by atoms with Crippen LogP contribution in [0.25, 0.3) is 10.9 Å². The minimum atomic E-state index is -2.30. The van der Waals surface area contributed by atoms with Gasteiger partial charge >= 0.3 is 5.97 Å². The molecule has 1 fully saturated rings. The summed E-state index contributed by atoms with van der Waals surface area (Å²) in [5, 5.41) is 48.6. The number of carbonyl (C=O) groups is 3. The summed E-state index contributed by atoms with van der Waals surface area (Å²) in [5.41, 5.74) is -0.0296. The van der Waals surface area contributed by atoms with Gasteiger partial charge in [-0.25, -0.2) is 4.79 Å². The number of carboxylic acid groups (broad SMARTS) is 1. The Labute approximate surface area is 304 Å². The first kappa shape index (κ1) is 36.8. The third-order valence-electron chi connectivity index (χ3n) is 9.40. The van der Waals surface area contributed by atoms with Crippen molar-refractivity contribution in [2.75, 3.05) is 32.8 Å². The van der Waals surface area contributed by atoms with E-state index < -0.39 is 17.7 Å². The summed E-state index contributed by atoms with van der Waals surface area (Å²) in [6.07, 6.45) is 0.357. The largest absolute Gasteiger partial charge is 0.506 e. The number of aromatic hydroxyl groups is 1. The number of pyridine rings is 1. The van der Waals surface area contributed by atoms with Crippen LogP contribution in [-0.4, -0.2) is 86.9 Å². The first-order valence-electron chi connectivity index (χ1n) is 17.2. The molecule has 2 heterocycles. The number of aliphatic hydroxyl groups is 2. The Bertz CT molecular complexity index is 2160.